The minimum atomic E-state index is -0.540. The maximum atomic E-state index is 13.0. The lowest BCUT2D eigenvalue weighted by atomic mass is 9.97. The molecule has 8 heteroatoms. The van der Waals surface area contributed by atoms with Gasteiger partial charge in [0.05, 0.1) is 5.69 Å². The summed E-state index contributed by atoms with van der Waals surface area (Å²) in [6, 6.07) is 9.72. The number of fused-ring (bicyclic) bond motifs is 1. The van der Waals surface area contributed by atoms with Gasteiger partial charge in [-0.05, 0) is 49.4 Å². The van der Waals surface area contributed by atoms with Crippen LogP contribution in [0.2, 0.25) is 0 Å². The number of anilines is 1. The lowest BCUT2D eigenvalue weighted by molar-refractivity contribution is -0.120. The summed E-state index contributed by atoms with van der Waals surface area (Å²) in [4.78, 5) is 46.0. The van der Waals surface area contributed by atoms with Gasteiger partial charge < -0.3 is 10.2 Å². The van der Waals surface area contributed by atoms with Gasteiger partial charge in [-0.2, -0.15) is 0 Å². The fourth-order valence-electron chi connectivity index (χ4n) is 3.69. The van der Waals surface area contributed by atoms with Crippen molar-refractivity contribution in [2.75, 3.05) is 17.7 Å². The molecule has 0 saturated carbocycles. The zero-order chi connectivity index (χ0) is 19.7. The molecule has 1 N–H and O–H groups in total. The third-order valence-corrected chi connectivity index (χ3v) is 5.86. The van der Waals surface area contributed by atoms with E-state index in [4.69, 9.17) is 0 Å². The lowest BCUT2D eigenvalue weighted by Gasteiger charge is -2.32. The third kappa shape index (κ3) is 3.35. The number of piperidine rings is 1. The Morgan fingerprint density at radius 3 is 2.75 bits per heavy atom. The summed E-state index contributed by atoms with van der Waals surface area (Å²) in [5.74, 6) is -0.423. The van der Waals surface area contributed by atoms with Crippen LogP contribution in [0.4, 0.5) is 10.5 Å². The van der Waals surface area contributed by atoms with Gasteiger partial charge in [0.25, 0.3) is 11.8 Å². The first-order valence-corrected chi connectivity index (χ1v) is 10.3. The fraction of sp³-hybridized carbons (Fsp3) is 0.300. The molecule has 2 aliphatic heterocycles. The zero-order valence-corrected chi connectivity index (χ0v) is 16.2. The van der Waals surface area contributed by atoms with Gasteiger partial charge in [0, 0.05) is 35.4 Å². The van der Waals surface area contributed by atoms with Crippen LogP contribution in [0.25, 0.3) is 0 Å². The van der Waals surface area contributed by atoms with E-state index in [1.807, 2.05) is 24.5 Å². The molecule has 144 valence electrons. The van der Waals surface area contributed by atoms with Crippen molar-refractivity contribution in [2.24, 2.45) is 0 Å². The molecule has 0 bridgehead atoms. The normalized spacial score (nSPS) is 21.6. The monoisotopic (exact) mass is 396 g/mol. The maximum absolute atomic E-state index is 13.0. The molecule has 2 aliphatic rings. The predicted octanol–water partition coefficient (Wildman–Crippen LogP) is 2.53. The molecular weight excluding hydrogens is 376 g/mol. The molecule has 2 aromatic rings. The quantitative estimate of drug-likeness (QED) is 0.634. The first-order valence-electron chi connectivity index (χ1n) is 9.08. The van der Waals surface area contributed by atoms with E-state index in [2.05, 4.69) is 10.3 Å². The van der Waals surface area contributed by atoms with Crippen molar-refractivity contribution in [2.45, 2.75) is 29.8 Å². The molecule has 7 nitrogen and oxygen atoms in total. The van der Waals surface area contributed by atoms with Crippen LogP contribution in [0, 0.1) is 0 Å². The molecule has 1 aromatic heterocycles. The number of carbonyl (C=O) groups excluding carboxylic acids is 3. The summed E-state index contributed by atoms with van der Waals surface area (Å²) in [6.45, 7) is 0.440. The molecule has 2 saturated heterocycles. The number of nitrogens with one attached hydrogen (secondary N) is 1. The molecule has 1 aromatic carbocycles. The van der Waals surface area contributed by atoms with E-state index in [1.165, 1.54) is 4.90 Å². The number of pyridine rings is 1. The topological polar surface area (TPSA) is 82.6 Å². The minimum Gasteiger partial charge on any atom is -0.349 e. The van der Waals surface area contributed by atoms with Crippen LogP contribution in [-0.4, -0.2) is 52.6 Å². The summed E-state index contributed by atoms with van der Waals surface area (Å²) < 4.78 is 0. The summed E-state index contributed by atoms with van der Waals surface area (Å²) >= 11 is 1.56. The Morgan fingerprint density at radius 2 is 2.00 bits per heavy atom. The average molecular weight is 396 g/mol. The maximum Gasteiger partial charge on any atom is 0.332 e. The summed E-state index contributed by atoms with van der Waals surface area (Å²) in [6.07, 6.45) is 6.12. The molecule has 2 fully saturated rings. The highest BCUT2D eigenvalue weighted by Gasteiger charge is 2.48. The number of benzene rings is 1. The molecule has 0 spiro atoms. The Kier molecular flexibility index (Phi) is 5.04. The highest BCUT2D eigenvalue weighted by atomic mass is 32.2. The lowest BCUT2D eigenvalue weighted by Crippen LogP contribution is -2.49. The van der Waals surface area contributed by atoms with Gasteiger partial charge in [0.1, 0.15) is 6.04 Å². The van der Waals surface area contributed by atoms with Crippen LogP contribution < -0.4 is 10.2 Å². The number of hydrogen-bond acceptors (Lipinski definition) is 5. The van der Waals surface area contributed by atoms with Gasteiger partial charge in [-0.3, -0.25) is 14.6 Å². The summed E-state index contributed by atoms with van der Waals surface area (Å²) in [5.41, 5.74) is 1.12. The average Bonchev–Trinajstić information content (AvgIpc) is 2.98. The molecule has 3 heterocycles. The van der Waals surface area contributed by atoms with Crippen LogP contribution in [0.3, 0.4) is 0 Å². The van der Waals surface area contributed by atoms with Crippen molar-refractivity contribution >= 4 is 35.3 Å². The van der Waals surface area contributed by atoms with Crippen molar-refractivity contribution in [3.63, 3.8) is 0 Å². The van der Waals surface area contributed by atoms with Crippen molar-refractivity contribution in [3.05, 3.63) is 54.4 Å². The van der Waals surface area contributed by atoms with Crippen molar-refractivity contribution in [1.29, 1.82) is 0 Å². The predicted molar refractivity (Wildman–Crippen MR) is 106 cm³/mol. The van der Waals surface area contributed by atoms with Crippen LogP contribution >= 0.6 is 11.8 Å². The van der Waals surface area contributed by atoms with E-state index in [9.17, 15) is 14.4 Å². The highest BCUT2D eigenvalue weighted by Crippen LogP contribution is 2.32. The third-order valence-electron chi connectivity index (χ3n) is 5.13. The number of hydrogen-bond donors (Lipinski definition) is 1. The summed E-state index contributed by atoms with van der Waals surface area (Å²) in [7, 11) is 0. The van der Waals surface area contributed by atoms with E-state index >= 15 is 0 Å². The van der Waals surface area contributed by atoms with Crippen LogP contribution in [0.15, 0.2) is 53.7 Å². The number of nitrogens with zero attached hydrogens (tertiary/aromatic N) is 3. The van der Waals surface area contributed by atoms with Crippen LogP contribution in [0.5, 0.6) is 0 Å². The number of imide groups is 1. The molecule has 4 amide bonds. The number of rotatable bonds is 4. The van der Waals surface area contributed by atoms with Gasteiger partial charge in [-0.1, -0.05) is 6.07 Å². The molecule has 0 radical (unpaired) electrons. The van der Waals surface area contributed by atoms with E-state index < -0.39 is 6.04 Å². The second kappa shape index (κ2) is 7.63. The van der Waals surface area contributed by atoms with Gasteiger partial charge in [-0.25, -0.2) is 9.69 Å². The van der Waals surface area contributed by atoms with E-state index in [-0.39, 0.29) is 23.9 Å². The van der Waals surface area contributed by atoms with Crippen LogP contribution in [-0.2, 0) is 4.79 Å². The summed E-state index contributed by atoms with van der Waals surface area (Å²) in [5, 5.41) is 2.98. The van der Waals surface area contributed by atoms with Gasteiger partial charge in [-0.15, -0.1) is 11.8 Å². The smallest absolute Gasteiger partial charge is 0.332 e. The molecule has 2 atom stereocenters. The number of carbonyl (C=O) groups is 3. The highest BCUT2D eigenvalue weighted by molar-refractivity contribution is 7.98. The molecule has 2 unspecified atom stereocenters. The van der Waals surface area contributed by atoms with Crippen molar-refractivity contribution in [1.82, 2.24) is 15.2 Å². The van der Waals surface area contributed by atoms with Crippen LogP contribution in [0.1, 0.15) is 23.2 Å². The van der Waals surface area contributed by atoms with Crippen molar-refractivity contribution < 1.29 is 14.4 Å². The van der Waals surface area contributed by atoms with Gasteiger partial charge in [0.15, 0.2) is 0 Å². The first kappa shape index (κ1) is 18.5. The molecule has 0 aliphatic carbocycles. The Bertz CT molecular complexity index is 921. The largest absolute Gasteiger partial charge is 0.349 e. The second-order valence-corrected chi connectivity index (χ2v) is 7.68. The Morgan fingerprint density at radius 1 is 1.21 bits per heavy atom. The van der Waals surface area contributed by atoms with Gasteiger partial charge in [0.2, 0.25) is 0 Å². The van der Waals surface area contributed by atoms with Crippen molar-refractivity contribution in [3.8, 4) is 0 Å². The fourth-order valence-corrected chi connectivity index (χ4v) is 4.14. The number of urea groups is 1. The molecule has 28 heavy (non-hydrogen) atoms. The van der Waals surface area contributed by atoms with Gasteiger partial charge >= 0.3 is 6.03 Å². The van der Waals surface area contributed by atoms with E-state index in [0.29, 0.717) is 30.6 Å². The second-order valence-electron chi connectivity index (χ2n) is 6.80. The van der Waals surface area contributed by atoms with E-state index in [0.717, 1.165) is 4.90 Å². The Hall–Kier alpha value is -2.87. The van der Waals surface area contributed by atoms with E-state index in [1.54, 1.807) is 47.3 Å². The first-order chi connectivity index (χ1) is 13.6. The Labute approximate surface area is 167 Å². The minimum absolute atomic E-state index is 0.156. The number of thioether (sulfide) groups is 1. The molecular formula is C20H20N4O3S. The SMILES string of the molecule is CSc1cccc(N2C(=O)C3CC(NC(=O)c4ccncc4)CCN3C2=O)c1. The standard InChI is InChI=1S/C20H20N4O3S/c1-28-16-4-2-3-15(12-16)24-19(26)17-11-14(7-10-23(17)20(24)27)22-18(25)13-5-8-21-9-6-13/h2-6,8-9,12,14,17H,7,10-11H2,1H3,(H,22,25). The zero-order valence-electron chi connectivity index (χ0n) is 15.4. The Balaban J connectivity index is 1.49. The molecule has 4 rings (SSSR count). The number of amides is 4. The number of aromatic nitrogens is 1.